The highest BCUT2D eigenvalue weighted by atomic mass is 32.2. The van der Waals surface area contributed by atoms with Crippen molar-refractivity contribution in [3.8, 4) is 5.75 Å². The van der Waals surface area contributed by atoms with Crippen molar-refractivity contribution in [1.82, 2.24) is 4.90 Å². The number of hydrogen-bond acceptors (Lipinski definition) is 6. The number of thioether (sulfide) groups is 1. The van der Waals surface area contributed by atoms with Crippen molar-refractivity contribution in [2.75, 3.05) is 32.2 Å². The summed E-state index contributed by atoms with van der Waals surface area (Å²) in [6.07, 6.45) is 0.750. The summed E-state index contributed by atoms with van der Waals surface area (Å²) >= 11 is 1.32. The Kier molecular flexibility index (Phi) is 8.91. The molecule has 1 aliphatic rings. The van der Waals surface area contributed by atoms with Gasteiger partial charge in [-0.25, -0.2) is 4.99 Å². The number of rotatable bonds is 10. The van der Waals surface area contributed by atoms with E-state index in [4.69, 9.17) is 14.5 Å². The van der Waals surface area contributed by atoms with E-state index in [0.29, 0.717) is 42.8 Å². The first-order chi connectivity index (χ1) is 15.9. The highest BCUT2D eigenvalue weighted by Gasteiger charge is 2.39. The highest BCUT2D eigenvalue weighted by Crippen LogP contribution is 2.35. The third-order valence-electron chi connectivity index (χ3n) is 5.17. The Balaban J connectivity index is 1.79. The van der Waals surface area contributed by atoms with Crippen molar-refractivity contribution >= 4 is 40.1 Å². The molecule has 0 saturated carbocycles. The van der Waals surface area contributed by atoms with Crippen LogP contribution in [0.3, 0.4) is 0 Å². The van der Waals surface area contributed by atoms with Gasteiger partial charge in [0.25, 0.3) is 0 Å². The number of ether oxygens (including phenoxy) is 2. The van der Waals surface area contributed by atoms with Crippen LogP contribution in [0.1, 0.15) is 30.9 Å². The zero-order valence-electron chi connectivity index (χ0n) is 19.6. The average Bonchev–Trinajstić information content (AvgIpc) is 3.06. The van der Waals surface area contributed by atoms with Gasteiger partial charge in [-0.1, -0.05) is 36.0 Å². The van der Waals surface area contributed by atoms with Crippen LogP contribution in [0.2, 0.25) is 0 Å². The molecule has 2 aromatic rings. The van der Waals surface area contributed by atoms with Gasteiger partial charge >= 0.3 is 0 Å². The fourth-order valence-electron chi connectivity index (χ4n) is 3.47. The van der Waals surface area contributed by atoms with Crippen LogP contribution in [0.15, 0.2) is 47.5 Å². The number of hydrogen-bond donors (Lipinski definition) is 1. The molecular weight excluding hydrogens is 438 g/mol. The normalized spacial score (nSPS) is 17.0. The number of benzene rings is 2. The average molecular weight is 470 g/mol. The minimum Gasteiger partial charge on any atom is -0.492 e. The lowest BCUT2D eigenvalue weighted by atomic mass is 10.1. The Morgan fingerprint density at radius 3 is 2.76 bits per heavy atom. The van der Waals surface area contributed by atoms with Gasteiger partial charge in [-0.2, -0.15) is 0 Å². The molecule has 0 aliphatic carbocycles. The molecule has 1 heterocycles. The van der Waals surface area contributed by atoms with Crippen molar-refractivity contribution in [3.63, 3.8) is 0 Å². The Morgan fingerprint density at radius 1 is 1.21 bits per heavy atom. The number of aliphatic imine (C=N–C) groups is 1. The maximum atomic E-state index is 13.2. The van der Waals surface area contributed by atoms with Crippen molar-refractivity contribution in [1.29, 1.82) is 0 Å². The minimum absolute atomic E-state index is 0.0732. The highest BCUT2D eigenvalue weighted by molar-refractivity contribution is 8.15. The van der Waals surface area contributed by atoms with E-state index in [9.17, 15) is 9.59 Å². The smallest absolute Gasteiger partial charge is 0.242 e. The van der Waals surface area contributed by atoms with Gasteiger partial charge in [0.2, 0.25) is 11.8 Å². The molecule has 1 unspecified atom stereocenters. The van der Waals surface area contributed by atoms with Crippen molar-refractivity contribution < 1.29 is 19.1 Å². The van der Waals surface area contributed by atoms with Crippen LogP contribution >= 0.6 is 11.8 Å². The molecule has 8 heteroatoms. The third-order valence-corrected chi connectivity index (χ3v) is 6.34. The molecule has 7 nitrogen and oxygen atoms in total. The van der Waals surface area contributed by atoms with Gasteiger partial charge in [-0.05, 0) is 56.5 Å². The second-order valence-electron chi connectivity index (χ2n) is 7.81. The maximum absolute atomic E-state index is 13.2. The van der Waals surface area contributed by atoms with Crippen LogP contribution in [-0.4, -0.2) is 54.0 Å². The molecule has 1 atom stereocenters. The van der Waals surface area contributed by atoms with Gasteiger partial charge in [-0.15, -0.1) is 0 Å². The molecule has 0 radical (unpaired) electrons. The topological polar surface area (TPSA) is 80.2 Å². The maximum Gasteiger partial charge on any atom is 0.242 e. The Labute approximate surface area is 199 Å². The van der Waals surface area contributed by atoms with Gasteiger partial charge in [0.15, 0.2) is 5.17 Å². The fraction of sp³-hybridized carbons (Fsp3) is 0.400. The Hall–Kier alpha value is -2.84. The van der Waals surface area contributed by atoms with Gasteiger partial charge in [0.1, 0.15) is 16.7 Å². The van der Waals surface area contributed by atoms with Crippen molar-refractivity contribution in [2.45, 2.75) is 38.9 Å². The lowest BCUT2D eigenvalue weighted by molar-refractivity contribution is -0.128. The van der Waals surface area contributed by atoms with Gasteiger partial charge < -0.3 is 14.8 Å². The van der Waals surface area contributed by atoms with Gasteiger partial charge in [0, 0.05) is 32.4 Å². The predicted octanol–water partition coefficient (Wildman–Crippen LogP) is 4.70. The summed E-state index contributed by atoms with van der Waals surface area (Å²) < 4.78 is 10.8. The molecule has 1 aliphatic heterocycles. The number of para-hydroxylation sites is 2. The van der Waals surface area contributed by atoms with E-state index in [1.807, 2.05) is 63.2 Å². The van der Waals surface area contributed by atoms with Crippen molar-refractivity contribution in [2.24, 2.45) is 4.99 Å². The zero-order chi connectivity index (χ0) is 23.8. The molecule has 3 rings (SSSR count). The molecule has 0 bridgehead atoms. The summed E-state index contributed by atoms with van der Waals surface area (Å²) in [5.74, 6) is 0.357. The first kappa shape index (κ1) is 24.8. The largest absolute Gasteiger partial charge is 0.492 e. The van der Waals surface area contributed by atoms with E-state index in [1.54, 1.807) is 12.0 Å². The number of amides is 2. The standard InChI is InChI=1S/C25H31N3O4S/c1-5-32-21-10-7-6-9-19(21)27-25-28(13-8-14-31-4)24(30)22(33-25)16-23(29)26-20-15-17(2)11-12-18(20)3/h6-7,9-12,15,22H,5,8,13-14,16H2,1-4H3,(H,26,29). The zero-order valence-corrected chi connectivity index (χ0v) is 20.4. The number of aryl methyl sites for hydroxylation is 2. The van der Waals surface area contributed by atoms with Gasteiger partial charge in [0.05, 0.1) is 6.61 Å². The third kappa shape index (κ3) is 6.58. The number of carbonyl (C=O) groups excluding carboxylic acids is 2. The van der Waals surface area contributed by atoms with E-state index in [2.05, 4.69) is 5.32 Å². The number of nitrogens with one attached hydrogen (secondary N) is 1. The van der Waals surface area contributed by atoms with Gasteiger partial charge in [-0.3, -0.25) is 14.5 Å². The second-order valence-corrected chi connectivity index (χ2v) is 8.98. The summed E-state index contributed by atoms with van der Waals surface area (Å²) in [6.45, 7) is 7.38. The molecule has 0 aromatic heterocycles. The molecule has 176 valence electrons. The first-order valence-electron chi connectivity index (χ1n) is 11.1. The summed E-state index contributed by atoms with van der Waals surface area (Å²) in [5.41, 5.74) is 3.48. The Bertz CT molecular complexity index is 1020. The van der Waals surface area contributed by atoms with Crippen LogP contribution in [0.4, 0.5) is 11.4 Å². The lowest BCUT2D eigenvalue weighted by Gasteiger charge is -2.16. The molecule has 33 heavy (non-hydrogen) atoms. The summed E-state index contributed by atoms with van der Waals surface area (Å²) in [6, 6.07) is 13.4. The summed E-state index contributed by atoms with van der Waals surface area (Å²) in [5, 5.41) is 3.00. The van der Waals surface area contributed by atoms with E-state index in [1.165, 1.54) is 11.8 Å². The molecule has 2 amide bonds. The molecule has 1 N–H and O–H groups in total. The molecule has 2 aromatic carbocycles. The lowest BCUT2D eigenvalue weighted by Crippen LogP contribution is -2.34. The van der Waals surface area contributed by atoms with Crippen LogP contribution < -0.4 is 10.1 Å². The quantitative estimate of drug-likeness (QED) is 0.510. The summed E-state index contributed by atoms with van der Waals surface area (Å²) in [7, 11) is 1.63. The summed E-state index contributed by atoms with van der Waals surface area (Å²) in [4.78, 5) is 32.4. The molecule has 0 spiro atoms. The van der Waals surface area contributed by atoms with Crippen LogP contribution in [-0.2, 0) is 14.3 Å². The number of amidine groups is 1. The first-order valence-corrected chi connectivity index (χ1v) is 12.0. The van der Waals surface area contributed by atoms with E-state index in [-0.39, 0.29) is 18.2 Å². The Morgan fingerprint density at radius 2 is 2.00 bits per heavy atom. The second kappa shape index (κ2) is 11.9. The minimum atomic E-state index is -0.532. The number of methoxy groups -OCH3 is 1. The number of anilines is 1. The SMILES string of the molecule is CCOc1ccccc1N=C1SC(CC(=O)Nc2cc(C)ccc2C)C(=O)N1CCCOC. The van der Waals surface area contributed by atoms with E-state index >= 15 is 0 Å². The van der Waals surface area contributed by atoms with E-state index in [0.717, 1.165) is 16.8 Å². The van der Waals surface area contributed by atoms with Crippen LogP contribution in [0.5, 0.6) is 5.75 Å². The van der Waals surface area contributed by atoms with Crippen LogP contribution in [0, 0.1) is 13.8 Å². The van der Waals surface area contributed by atoms with Crippen LogP contribution in [0.25, 0.3) is 0 Å². The van der Waals surface area contributed by atoms with E-state index < -0.39 is 5.25 Å². The monoisotopic (exact) mass is 469 g/mol. The predicted molar refractivity (Wildman–Crippen MR) is 133 cm³/mol. The molecular formula is C25H31N3O4S. The fourth-order valence-corrected chi connectivity index (χ4v) is 4.64. The van der Waals surface area contributed by atoms with Crippen molar-refractivity contribution in [3.05, 3.63) is 53.6 Å². The molecule has 1 saturated heterocycles. The number of carbonyl (C=O) groups is 2. The molecule has 1 fully saturated rings. The number of nitrogens with zero attached hydrogens (tertiary/aromatic N) is 2.